The summed E-state index contributed by atoms with van der Waals surface area (Å²) in [5.74, 6) is 0.181. The molecule has 1 aromatic heterocycles. The van der Waals surface area contributed by atoms with Crippen LogP contribution in [0, 0.1) is 5.82 Å². The van der Waals surface area contributed by atoms with E-state index in [2.05, 4.69) is 0 Å². The minimum atomic E-state index is -4.14. The number of hydrogen-bond acceptors (Lipinski definition) is 6. The summed E-state index contributed by atoms with van der Waals surface area (Å²) in [6.45, 7) is 5.32. The zero-order valence-corrected chi connectivity index (χ0v) is 20.1. The molecule has 1 amide bonds. The molecule has 0 saturated carbocycles. The third-order valence-corrected chi connectivity index (χ3v) is 6.69. The molecule has 34 heavy (non-hydrogen) atoms. The van der Waals surface area contributed by atoms with Crippen molar-refractivity contribution in [3.05, 3.63) is 66.1 Å². The number of amides is 1. The molecule has 0 fully saturated rings. The van der Waals surface area contributed by atoms with Crippen molar-refractivity contribution >= 4 is 16.1 Å². The standard InChI is InChI=1S/C24H25FN2O6S/c1-24(2,3)33-23(28)26(4)13-16-11-20(18-7-5-6-8-19(18)25)27(14-16)34(29,30)17-9-10-21-22(12-17)32-15-31-21/h5-12,14H,13,15H2,1-4H3. The van der Waals surface area contributed by atoms with Crippen LogP contribution in [0.1, 0.15) is 26.3 Å². The number of benzene rings is 2. The number of fused-ring (bicyclic) bond motifs is 1. The lowest BCUT2D eigenvalue weighted by atomic mass is 10.1. The van der Waals surface area contributed by atoms with Crippen LogP contribution in [0.15, 0.2) is 59.6 Å². The molecule has 10 heteroatoms. The van der Waals surface area contributed by atoms with E-state index in [9.17, 15) is 17.6 Å². The van der Waals surface area contributed by atoms with Crippen LogP contribution in [0.5, 0.6) is 11.5 Å². The van der Waals surface area contributed by atoms with Crippen molar-refractivity contribution in [1.29, 1.82) is 0 Å². The minimum Gasteiger partial charge on any atom is -0.454 e. The molecule has 8 nitrogen and oxygen atoms in total. The van der Waals surface area contributed by atoms with Crippen LogP contribution in [-0.4, -0.2) is 42.8 Å². The second kappa shape index (κ2) is 8.68. The van der Waals surface area contributed by atoms with Crippen LogP contribution in [0.2, 0.25) is 0 Å². The van der Waals surface area contributed by atoms with Gasteiger partial charge in [-0.15, -0.1) is 0 Å². The maximum atomic E-state index is 14.7. The summed E-state index contributed by atoms with van der Waals surface area (Å²) in [5, 5.41) is 0. The number of rotatable bonds is 5. The minimum absolute atomic E-state index is 0.00395. The fourth-order valence-corrected chi connectivity index (χ4v) is 4.88. The zero-order valence-electron chi connectivity index (χ0n) is 19.2. The molecule has 0 N–H and O–H groups in total. The van der Waals surface area contributed by atoms with Crippen molar-refractivity contribution in [3.63, 3.8) is 0 Å². The lowest BCUT2D eigenvalue weighted by molar-refractivity contribution is 0.0285. The first-order chi connectivity index (χ1) is 16.0. The average Bonchev–Trinajstić information content (AvgIpc) is 3.39. The van der Waals surface area contributed by atoms with Crippen LogP contribution in [-0.2, 0) is 21.3 Å². The van der Waals surface area contributed by atoms with Gasteiger partial charge in [-0.1, -0.05) is 12.1 Å². The van der Waals surface area contributed by atoms with Gasteiger partial charge in [0.25, 0.3) is 10.0 Å². The normalized spacial score (nSPS) is 13.1. The number of carbonyl (C=O) groups is 1. The van der Waals surface area contributed by atoms with Gasteiger partial charge in [0.2, 0.25) is 6.79 Å². The molecular weight excluding hydrogens is 463 g/mol. The number of halogens is 1. The van der Waals surface area contributed by atoms with Gasteiger partial charge in [0, 0.05) is 24.9 Å². The quantitative estimate of drug-likeness (QED) is 0.521. The third kappa shape index (κ3) is 4.72. The van der Waals surface area contributed by atoms with Gasteiger partial charge in [0.05, 0.1) is 17.1 Å². The van der Waals surface area contributed by atoms with Gasteiger partial charge in [0.1, 0.15) is 11.4 Å². The molecule has 1 aliphatic rings. The fourth-order valence-electron chi connectivity index (χ4n) is 3.48. The van der Waals surface area contributed by atoms with E-state index in [1.54, 1.807) is 40.0 Å². The SMILES string of the molecule is CN(Cc1cc(-c2ccccc2F)n(S(=O)(=O)c2ccc3c(c2)OCO3)c1)C(=O)OC(C)(C)C. The molecule has 0 bridgehead atoms. The van der Waals surface area contributed by atoms with E-state index in [4.69, 9.17) is 14.2 Å². The highest BCUT2D eigenvalue weighted by Gasteiger charge is 2.27. The predicted octanol–water partition coefficient (Wildman–Crippen LogP) is 4.63. The van der Waals surface area contributed by atoms with E-state index in [-0.39, 0.29) is 29.5 Å². The molecule has 180 valence electrons. The summed E-state index contributed by atoms with van der Waals surface area (Å²) in [7, 11) is -2.60. The van der Waals surface area contributed by atoms with Crippen molar-refractivity contribution in [2.24, 2.45) is 0 Å². The molecule has 4 rings (SSSR count). The summed E-state index contributed by atoms with van der Waals surface area (Å²) in [5.41, 5.74) is 0.0375. The third-order valence-electron chi connectivity index (χ3n) is 5.02. The van der Waals surface area contributed by atoms with E-state index in [0.717, 1.165) is 3.97 Å². The van der Waals surface area contributed by atoms with E-state index < -0.39 is 27.5 Å². The average molecular weight is 489 g/mol. The Morgan fingerprint density at radius 1 is 1.12 bits per heavy atom. The van der Waals surface area contributed by atoms with Crippen molar-refractivity contribution in [2.45, 2.75) is 37.8 Å². The molecule has 2 heterocycles. The number of ether oxygens (including phenoxy) is 3. The molecule has 0 saturated heterocycles. The fraction of sp³-hybridized carbons (Fsp3) is 0.292. The predicted molar refractivity (Wildman–Crippen MR) is 123 cm³/mol. The van der Waals surface area contributed by atoms with E-state index >= 15 is 0 Å². The number of aromatic nitrogens is 1. The van der Waals surface area contributed by atoms with Gasteiger partial charge in [-0.05, 0) is 56.7 Å². The summed E-state index contributed by atoms with van der Waals surface area (Å²) in [4.78, 5) is 13.7. The maximum absolute atomic E-state index is 14.7. The van der Waals surface area contributed by atoms with Gasteiger partial charge in [0.15, 0.2) is 11.5 Å². The Morgan fingerprint density at radius 2 is 1.82 bits per heavy atom. The first-order valence-corrected chi connectivity index (χ1v) is 12.0. The molecule has 3 aromatic rings. The van der Waals surface area contributed by atoms with Crippen LogP contribution < -0.4 is 9.47 Å². The monoisotopic (exact) mass is 488 g/mol. The highest BCUT2D eigenvalue weighted by molar-refractivity contribution is 7.90. The van der Waals surface area contributed by atoms with Gasteiger partial charge >= 0.3 is 6.09 Å². The largest absolute Gasteiger partial charge is 0.454 e. The first kappa shape index (κ1) is 23.6. The molecule has 0 atom stereocenters. The second-order valence-corrected chi connectivity index (χ2v) is 10.7. The highest BCUT2D eigenvalue weighted by atomic mass is 32.2. The van der Waals surface area contributed by atoms with Gasteiger partial charge in [-0.3, -0.25) is 0 Å². The van der Waals surface area contributed by atoms with Crippen LogP contribution in [0.3, 0.4) is 0 Å². The topological polar surface area (TPSA) is 87.1 Å². The Bertz CT molecular complexity index is 1340. The first-order valence-electron chi connectivity index (χ1n) is 10.5. The van der Waals surface area contributed by atoms with E-state index in [0.29, 0.717) is 17.1 Å². The van der Waals surface area contributed by atoms with Gasteiger partial charge in [-0.25, -0.2) is 21.6 Å². The molecule has 0 spiro atoms. The zero-order chi connectivity index (χ0) is 24.7. The van der Waals surface area contributed by atoms with Gasteiger partial charge < -0.3 is 19.1 Å². The number of carbonyl (C=O) groups excluding carboxylic acids is 1. The Labute approximate surface area is 197 Å². The smallest absolute Gasteiger partial charge is 0.410 e. The van der Waals surface area contributed by atoms with Crippen molar-refractivity contribution < 1.29 is 31.8 Å². The molecule has 0 aliphatic carbocycles. The van der Waals surface area contributed by atoms with Crippen LogP contribution in [0.4, 0.5) is 9.18 Å². The molecule has 0 unspecified atom stereocenters. The summed E-state index contributed by atoms with van der Waals surface area (Å²) in [6, 6.07) is 11.7. The highest BCUT2D eigenvalue weighted by Crippen LogP contribution is 2.36. The molecule has 2 aromatic carbocycles. The summed E-state index contributed by atoms with van der Waals surface area (Å²) in [6.07, 6.45) is 0.814. The molecule has 0 radical (unpaired) electrons. The van der Waals surface area contributed by atoms with E-state index in [1.165, 1.54) is 47.5 Å². The Hall–Kier alpha value is -3.53. The van der Waals surface area contributed by atoms with Gasteiger partial charge in [-0.2, -0.15) is 0 Å². The Morgan fingerprint density at radius 3 is 2.53 bits per heavy atom. The van der Waals surface area contributed by atoms with Crippen LogP contribution >= 0.6 is 0 Å². The second-order valence-electron chi connectivity index (χ2n) is 8.87. The van der Waals surface area contributed by atoms with E-state index in [1.807, 2.05) is 0 Å². The lowest BCUT2D eigenvalue weighted by Crippen LogP contribution is -2.33. The molecule has 1 aliphatic heterocycles. The Kier molecular flexibility index (Phi) is 6.03. The van der Waals surface area contributed by atoms with Crippen LogP contribution in [0.25, 0.3) is 11.3 Å². The lowest BCUT2D eigenvalue weighted by Gasteiger charge is -2.24. The molecular formula is C24H25FN2O6S. The maximum Gasteiger partial charge on any atom is 0.410 e. The van der Waals surface area contributed by atoms with Crippen molar-refractivity contribution in [1.82, 2.24) is 8.87 Å². The Balaban J connectivity index is 1.76. The van der Waals surface area contributed by atoms with Crippen molar-refractivity contribution in [3.8, 4) is 22.8 Å². The van der Waals surface area contributed by atoms with Crippen molar-refractivity contribution in [2.75, 3.05) is 13.8 Å². The number of nitrogens with zero attached hydrogens (tertiary/aromatic N) is 2. The number of hydrogen-bond donors (Lipinski definition) is 0. The summed E-state index contributed by atoms with van der Waals surface area (Å²) < 4.78 is 58.8. The summed E-state index contributed by atoms with van der Waals surface area (Å²) >= 11 is 0.